The molecule has 1 fully saturated rings. The normalized spacial score (nSPS) is 18.0. The van der Waals surface area contributed by atoms with Crippen LogP contribution in [0.25, 0.3) is 0 Å². The predicted octanol–water partition coefficient (Wildman–Crippen LogP) is 8.76. The van der Waals surface area contributed by atoms with E-state index in [1.165, 1.54) is 17.9 Å². The first kappa shape index (κ1) is 54.2. The number of methoxy groups -OCH3 is 3. The fourth-order valence-corrected chi connectivity index (χ4v) is 13.5. The minimum Gasteiger partial charge on any atom is -0.497 e. The zero-order valence-electron chi connectivity index (χ0n) is 42.2. The summed E-state index contributed by atoms with van der Waals surface area (Å²) in [6, 6.07) is 34.5. The molecule has 0 spiro atoms. The largest absolute Gasteiger partial charge is 0.497 e. The van der Waals surface area contributed by atoms with E-state index < -0.39 is 78.4 Å². The topological polar surface area (TPSA) is 190 Å². The van der Waals surface area contributed by atoms with Gasteiger partial charge < -0.3 is 43.0 Å². The number of nitrogens with one attached hydrogen (secondary N) is 1. The van der Waals surface area contributed by atoms with Crippen molar-refractivity contribution < 1.29 is 47.3 Å². The number of amides is 1. The molecule has 1 aliphatic heterocycles. The van der Waals surface area contributed by atoms with Gasteiger partial charge in [-0.2, -0.15) is 10.2 Å². The zero-order valence-corrected chi connectivity index (χ0v) is 43.1. The molecule has 1 amide bonds. The molecule has 16 nitrogen and oxygen atoms in total. The Balaban J connectivity index is 1.59. The lowest BCUT2D eigenvalue weighted by molar-refractivity contribution is -0.152. The van der Waals surface area contributed by atoms with E-state index in [0.717, 1.165) is 16.7 Å². The molecule has 0 aliphatic carbocycles. The lowest BCUT2D eigenvalue weighted by Gasteiger charge is -2.44. The average Bonchev–Trinajstić information content (AvgIpc) is 3.71. The zero-order chi connectivity index (χ0) is 51.5. The maximum atomic E-state index is 17.0. The summed E-state index contributed by atoms with van der Waals surface area (Å²) in [5, 5.41) is 12.4. The Morgan fingerprint density at radius 3 is 1.92 bits per heavy atom. The van der Waals surface area contributed by atoms with Gasteiger partial charge in [-0.15, -0.1) is 0 Å². The molecule has 5 aromatic rings. The summed E-state index contributed by atoms with van der Waals surface area (Å²) in [5.41, 5.74) is -1.59. The SMILES string of the molecule is COCCOC1C(n2cc(C)c(NC(=O)c3ccccc3)nc2=O)OC(COC(c2ccccc2)(c2ccc(OC)cc2)c2ccc(OC)cc2)C1P(=O)(CC(=O)OC(C)(C)CC#N)N(C(C)C)C(C)C. The molecule has 4 aromatic carbocycles. The Kier molecular flexibility index (Phi) is 18.2. The quantitative estimate of drug-likeness (QED) is 0.0283. The van der Waals surface area contributed by atoms with Gasteiger partial charge in [-0.3, -0.25) is 14.2 Å². The van der Waals surface area contributed by atoms with Crippen LogP contribution in [0.15, 0.2) is 120 Å². The van der Waals surface area contributed by atoms with Crippen LogP contribution in [0, 0.1) is 18.3 Å². The van der Waals surface area contributed by atoms with Crippen LogP contribution in [0.4, 0.5) is 5.82 Å². The lowest BCUT2D eigenvalue weighted by Crippen LogP contribution is -2.48. The molecular weight excluding hydrogens is 926 g/mol. The number of benzene rings is 4. The first-order valence-electron chi connectivity index (χ1n) is 23.6. The molecule has 5 unspecified atom stereocenters. The number of rotatable bonds is 23. The number of carbonyl (C=O) groups is 2. The highest BCUT2D eigenvalue weighted by Crippen LogP contribution is 2.63. The Morgan fingerprint density at radius 1 is 0.845 bits per heavy atom. The number of nitrogens with zero attached hydrogens (tertiary/aromatic N) is 4. The maximum absolute atomic E-state index is 17.0. The van der Waals surface area contributed by atoms with E-state index >= 15 is 4.57 Å². The van der Waals surface area contributed by atoms with Crippen LogP contribution in [0.1, 0.15) is 86.8 Å². The molecule has 1 saturated heterocycles. The summed E-state index contributed by atoms with van der Waals surface area (Å²) in [4.78, 5) is 46.5. The standard InChI is InChI=1S/C54H66N5O11P/c1-36(2)59(37(3)4)71(63,35-46(60)70-53(6,7)29-30-55)48-45(34-68-54(40-19-15-12-16-20-40,41-21-25-43(65-9)26-22-41)42-23-27-44(66-10)28-24-42)69-51(47(48)67-32-31-64-8)58-33-38(5)49(57-52(58)62)56-50(61)39-17-13-11-14-18-39/h11-28,33,36-37,45,47-48,51H,29,31-32,34-35H2,1-10H3,(H,56,57,61,62). The second-order valence-corrected chi connectivity index (χ2v) is 21.4. The summed E-state index contributed by atoms with van der Waals surface area (Å²) >= 11 is 0. The van der Waals surface area contributed by atoms with E-state index in [1.807, 2.05) is 111 Å². The highest BCUT2D eigenvalue weighted by atomic mass is 31.2. The van der Waals surface area contributed by atoms with Crippen LogP contribution in [0.2, 0.25) is 0 Å². The maximum Gasteiger partial charge on any atom is 0.351 e. The van der Waals surface area contributed by atoms with E-state index in [0.29, 0.717) is 22.6 Å². The Bertz CT molecular complexity index is 2650. The van der Waals surface area contributed by atoms with Crippen molar-refractivity contribution in [3.05, 3.63) is 154 Å². The van der Waals surface area contributed by atoms with Gasteiger partial charge in [0.05, 0.1) is 58.3 Å². The highest BCUT2D eigenvalue weighted by molar-refractivity contribution is 7.63. The second kappa shape index (κ2) is 23.8. The third kappa shape index (κ3) is 12.3. The molecule has 1 aromatic heterocycles. The fraction of sp³-hybridized carbons (Fsp3) is 0.426. The number of anilines is 1. The minimum absolute atomic E-state index is 0.0217. The summed E-state index contributed by atoms with van der Waals surface area (Å²) in [6.07, 6.45) is -2.87. The summed E-state index contributed by atoms with van der Waals surface area (Å²) in [6.45, 7) is 12.3. The molecule has 71 heavy (non-hydrogen) atoms. The van der Waals surface area contributed by atoms with Crippen LogP contribution < -0.4 is 20.5 Å². The van der Waals surface area contributed by atoms with Crippen LogP contribution in [0.3, 0.4) is 0 Å². The van der Waals surface area contributed by atoms with Gasteiger partial charge in [-0.05, 0) is 102 Å². The van der Waals surface area contributed by atoms with Gasteiger partial charge in [0.25, 0.3) is 5.91 Å². The van der Waals surface area contributed by atoms with Gasteiger partial charge in [0.1, 0.15) is 40.8 Å². The molecule has 2 heterocycles. The van der Waals surface area contributed by atoms with Crippen molar-refractivity contribution in [3.8, 4) is 17.6 Å². The molecule has 1 aliphatic rings. The molecule has 0 radical (unpaired) electrons. The first-order valence-corrected chi connectivity index (χ1v) is 25.5. The number of nitriles is 1. The third-order valence-electron chi connectivity index (χ3n) is 12.4. The summed E-state index contributed by atoms with van der Waals surface area (Å²) < 4.78 is 63.9. The van der Waals surface area contributed by atoms with Crippen molar-refractivity contribution in [3.63, 3.8) is 0 Å². The van der Waals surface area contributed by atoms with Crippen LogP contribution in [-0.4, -0.2) is 109 Å². The second-order valence-electron chi connectivity index (χ2n) is 18.5. The Labute approximate surface area is 416 Å². The predicted molar refractivity (Wildman–Crippen MR) is 270 cm³/mol. The van der Waals surface area contributed by atoms with Gasteiger partial charge in [0, 0.05) is 36.5 Å². The van der Waals surface area contributed by atoms with Crippen molar-refractivity contribution in [2.75, 3.05) is 52.6 Å². The van der Waals surface area contributed by atoms with Crippen molar-refractivity contribution in [1.29, 1.82) is 5.26 Å². The number of hydrogen-bond donors (Lipinski definition) is 1. The number of hydrogen-bond acceptors (Lipinski definition) is 13. The number of ether oxygens (including phenoxy) is 7. The Hall–Kier alpha value is -6.18. The molecule has 6 rings (SSSR count). The summed E-state index contributed by atoms with van der Waals surface area (Å²) in [5.74, 6) is 0.0324. The number of aromatic nitrogens is 2. The van der Waals surface area contributed by atoms with Crippen molar-refractivity contribution >= 4 is 25.0 Å². The fourth-order valence-electron chi connectivity index (χ4n) is 9.41. The van der Waals surface area contributed by atoms with Crippen molar-refractivity contribution in [1.82, 2.24) is 14.2 Å². The molecule has 17 heteroatoms. The molecule has 1 N–H and O–H groups in total. The van der Waals surface area contributed by atoms with Crippen LogP contribution in [0.5, 0.6) is 11.5 Å². The number of esters is 1. The van der Waals surface area contributed by atoms with E-state index in [9.17, 15) is 19.6 Å². The molecule has 5 atom stereocenters. The molecule has 378 valence electrons. The Morgan fingerprint density at radius 2 is 1.39 bits per heavy atom. The average molecular weight is 992 g/mol. The van der Waals surface area contributed by atoms with Crippen molar-refractivity contribution in [2.45, 2.75) is 102 Å². The molecule has 0 bridgehead atoms. The monoisotopic (exact) mass is 991 g/mol. The van der Waals surface area contributed by atoms with Gasteiger partial charge in [0.15, 0.2) is 13.5 Å². The van der Waals surface area contributed by atoms with E-state index in [4.69, 9.17) is 33.2 Å². The molecule has 0 saturated carbocycles. The smallest absolute Gasteiger partial charge is 0.351 e. The van der Waals surface area contributed by atoms with Gasteiger partial charge >= 0.3 is 11.7 Å². The van der Waals surface area contributed by atoms with Gasteiger partial charge in [-0.25, -0.2) is 9.46 Å². The number of carbonyl (C=O) groups excluding carboxylic acids is 2. The van der Waals surface area contributed by atoms with E-state index in [2.05, 4.69) is 16.4 Å². The summed E-state index contributed by atoms with van der Waals surface area (Å²) in [7, 11) is 0.497. The van der Waals surface area contributed by atoms with Crippen LogP contribution >= 0.6 is 7.29 Å². The highest BCUT2D eigenvalue weighted by Gasteiger charge is 2.59. The van der Waals surface area contributed by atoms with E-state index in [1.54, 1.807) is 65.3 Å². The third-order valence-corrected chi connectivity index (χ3v) is 16.4. The molecular formula is C54H66N5O11P. The lowest BCUT2D eigenvalue weighted by atomic mass is 9.80. The van der Waals surface area contributed by atoms with Gasteiger partial charge in [0.2, 0.25) is 0 Å². The first-order chi connectivity index (χ1) is 33.9. The minimum atomic E-state index is -4.20. The van der Waals surface area contributed by atoms with Crippen LogP contribution in [-0.2, 0) is 38.6 Å². The van der Waals surface area contributed by atoms with Crippen molar-refractivity contribution in [2.24, 2.45) is 0 Å². The van der Waals surface area contributed by atoms with Gasteiger partial charge in [-0.1, -0.05) is 72.8 Å². The number of aryl methyl sites for hydroxylation is 1. The van der Waals surface area contributed by atoms with E-state index in [-0.39, 0.29) is 32.1 Å².